The first-order valence-corrected chi connectivity index (χ1v) is 7.21. The average molecular weight is 301 g/mol. The van der Waals surface area contributed by atoms with Gasteiger partial charge in [0.1, 0.15) is 0 Å². The molecule has 0 amide bonds. The molecule has 0 saturated heterocycles. The number of hydrogen-bond donors (Lipinski definition) is 5. The maximum Gasteiger partial charge on any atom is 0.0942 e. The molecule has 0 aliphatic carbocycles. The summed E-state index contributed by atoms with van der Waals surface area (Å²) in [7, 11) is 0. The second-order valence-electron chi connectivity index (χ2n) is 5.57. The van der Waals surface area contributed by atoms with Crippen LogP contribution < -0.4 is 16.8 Å². The van der Waals surface area contributed by atoms with E-state index in [9.17, 15) is 5.11 Å². The number of anilines is 3. The normalized spacial score (nSPS) is 12.2. The number of rotatable bonds is 5. The van der Waals surface area contributed by atoms with Crippen molar-refractivity contribution in [3.8, 4) is 11.1 Å². The Morgan fingerprint density at radius 3 is 2.50 bits per heavy atom. The van der Waals surface area contributed by atoms with Crippen molar-refractivity contribution in [3.05, 3.63) is 41.5 Å². The van der Waals surface area contributed by atoms with E-state index in [-0.39, 0.29) is 13.2 Å². The Bertz CT molecular complexity index is 671. The first-order valence-electron chi connectivity index (χ1n) is 7.21. The summed E-state index contributed by atoms with van der Waals surface area (Å²) in [5.41, 5.74) is 18.2. The van der Waals surface area contributed by atoms with Crippen LogP contribution in [0, 0.1) is 13.8 Å². The fourth-order valence-electron chi connectivity index (χ4n) is 2.43. The van der Waals surface area contributed by atoms with E-state index in [1.165, 1.54) is 0 Å². The van der Waals surface area contributed by atoms with E-state index in [1.54, 1.807) is 6.07 Å². The van der Waals surface area contributed by atoms with Gasteiger partial charge >= 0.3 is 0 Å². The second-order valence-corrected chi connectivity index (χ2v) is 5.57. The molecule has 2 aromatic rings. The molecule has 0 radical (unpaired) electrons. The molecule has 118 valence electrons. The Kier molecular flexibility index (Phi) is 4.90. The van der Waals surface area contributed by atoms with Gasteiger partial charge < -0.3 is 27.0 Å². The lowest BCUT2D eigenvalue weighted by Gasteiger charge is -2.17. The standard InChI is InChI=1S/C17H23N3O2/c1-10-5-11(2)17(19)15(6-10)14-7-12(18)3-4-16(14)20-8-13(22)9-21/h3-7,13,20-22H,8-9,18-19H2,1-2H3. The maximum absolute atomic E-state index is 9.52. The van der Waals surface area contributed by atoms with Crippen LogP contribution in [0.1, 0.15) is 11.1 Å². The summed E-state index contributed by atoms with van der Waals surface area (Å²) in [6, 6.07) is 9.55. The summed E-state index contributed by atoms with van der Waals surface area (Å²) in [6.45, 7) is 3.95. The molecule has 0 aliphatic heterocycles. The Morgan fingerprint density at radius 2 is 1.82 bits per heavy atom. The van der Waals surface area contributed by atoms with Gasteiger partial charge in [0.2, 0.25) is 0 Å². The molecule has 0 fully saturated rings. The lowest BCUT2D eigenvalue weighted by molar-refractivity contribution is 0.105. The van der Waals surface area contributed by atoms with Crippen molar-refractivity contribution in [2.45, 2.75) is 20.0 Å². The van der Waals surface area contributed by atoms with Crippen LogP contribution in [0.4, 0.5) is 17.1 Å². The van der Waals surface area contributed by atoms with E-state index in [2.05, 4.69) is 5.32 Å². The molecule has 5 heteroatoms. The predicted molar refractivity (Wildman–Crippen MR) is 91.8 cm³/mol. The molecule has 2 aromatic carbocycles. The smallest absolute Gasteiger partial charge is 0.0942 e. The summed E-state index contributed by atoms with van der Waals surface area (Å²) in [4.78, 5) is 0. The van der Waals surface area contributed by atoms with E-state index in [0.717, 1.165) is 27.9 Å². The van der Waals surface area contributed by atoms with Gasteiger partial charge in [0, 0.05) is 34.7 Å². The van der Waals surface area contributed by atoms with Gasteiger partial charge in [-0.1, -0.05) is 11.6 Å². The minimum Gasteiger partial charge on any atom is -0.399 e. The largest absolute Gasteiger partial charge is 0.399 e. The van der Waals surface area contributed by atoms with Crippen molar-refractivity contribution in [1.29, 1.82) is 0 Å². The summed E-state index contributed by atoms with van der Waals surface area (Å²) in [5.74, 6) is 0. The molecule has 0 aromatic heterocycles. The highest BCUT2D eigenvalue weighted by molar-refractivity contribution is 5.88. The van der Waals surface area contributed by atoms with E-state index in [0.29, 0.717) is 11.4 Å². The molecule has 5 nitrogen and oxygen atoms in total. The van der Waals surface area contributed by atoms with Gasteiger partial charge in [0.05, 0.1) is 12.7 Å². The van der Waals surface area contributed by atoms with Crippen LogP contribution in [0.15, 0.2) is 30.3 Å². The number of hydrogen-bond acceptors (Lipinski definition) is 5. The average Bonchev–Trinajstić information content (AvgIpc) is 2.49. The first kappa shape index (κ1) is 16.1. The molecule has 1 atom stereocenters. The number of benzene rings is 2. The molecule has 7 N–H and O–H groups in total. The van der Waals surface area contributed by atoms with Gasteiger partial charge in [0.15, 0.2) is 0 Å². The van der Waals surface area contributed by atoms with Crippen molar-refractivity contribution in [2.75, 3.05) is 29.9 Å². The third-order valence-corrected chi connectivity index (χ3v) is 3.60. The predicted octanol–water partition coefficient (Wildman–Crippen LogP) is 1.90. The summed E-state index contributed by atoms with van der Waals surface area (Å²) in [6.07, 6.45) is -0.818. The molecule has 0 saturated carbocycles. The molecule has 22 heavy (non-hydrogen) atoms. The Balaban J connectivity index is 2.48. The van der Waals surface area contributed by atoms with Crippen LogP contribution in [-0.2, 0) is 0 Å². The van der Waals surface area contributed by atoms with Gasteiger partial charge in [-0.15, -0.1) is 0 Å². The molecule has 0 spiro atoms. The number of nitrogen functional groups attached to an aromatic ring is 2. The van der Waals surface area contributed by atoms with Crippen molar-refractivity contribution in [3.63, 3.8) is 0 Å². The fourth-order valence-corrected chi connectivity index (χ4v) is 2.43. The van der Waals surface area contributed by atoms with Gasteiger partial charge in [-0.25, -0.2) is 0 Å². The molecule has 0 bridgehead atoms. The number of aliphatic hydroxyl groups is 2. The van der Waals surface area contributed by atoms with Crippen molar-refractivity contribution >= 4 is 17.1 Å². The number of nitrogens with two attached hydrogens (primary N) is 2. The van der Waals surface area contributed by atoms with E-state index in [1.807, 2.05) is 38.1 Å². The summed E-state index contributed by atoms with van der Waals surface area (Å²) in [5, 5.41) is 21.6. The van der Waals surface area contributed by atoms with Crippen LogP contribution >= 0.6 is 0 Å². The zero-order valence-corrected chi connectivity index (χ0v) is 12.9. The molecule has 1 unspecified atom stereocenters. The molecular weight excluding hydrogens is 278 g/mol. The third-order valence-electron chi connectivity index (χ3n) is 3.60. The quantitative estimate of drug-likeness (QED) is 0.543. The zero-order chi connectivity index (χ0) is 16.3. The minimum atomic E-state index is -0.818. The monoisotopic (exact) mass is 301 g/mol. The van der Waals surface area contributed by atoms with Crippen LogP contribution in [0.5, 0.6) is 0 Å². The van der Waals surface area contributed by atoms with Crippen molar-refractivity contribution in [1.82, 2.24) is 0 Å². The third kappa shape index (κ3) is 3.50. The summed E-state index contributed by atoms with van der Waals surface area (Å²) < 4.78 is 0. The zero-order valence-electron chi connectivity index (χ0n) is 12.9. The van der Waals surface area contributed by atoms with E-state index < -0.39 is 6.10 Å². The highest BCUT2D eigenvalue weighted by Crippen LogP contribution is 2.36. The van der Waals surface area contributed by atoms with E-state index >= 15 is 0 Å². The first-order chi connectivity index (χ1) is 10.4. The van der Waals surface area contributed by atoms with Crippen LogP contribution in [0.25, 0.3) is 11.1 Å². The van der Waals surface area contributed by atoms with E-state index in [4.69, 9.17) is 16.6 Å². The maximum atomic E-state index is 9.52. The van der Waals surface area contributed by atoms with Crippen molar-refractivity contribution < 1.29 is 10.2 Å². The second kappa shape index (κ2) is 6.68. The highest BCUT2D eigenvalue weighted by atomic mass is 16.3. The lowest BCUT2D eigenvalue weighted by atomic mass is 9.96. The van der Waals surface area contributed by atoms with Gasteiger partial charge in [-0.3, -0.25) is 0 Å². The number of aliphatic hydroxyl groups excluding tert-OH is 2. The van der Waals surface area contributed by atoms with Gasteiger partial charge in [0.25, 0.3) is 0 Å². The number of nitrogens with one attached hydrogen (secondary N) is 1. The van der Waals surface area contributed by atoms with Crippen molar-refractivity contribution in [2.24, 2.45) is 0 Å². The Hall–Kier alpha value is -2.24. The molecule has 0 heterocycles. The highest BCUT2D eigenvalue weighted by Gasteiger charge is 2.12. The van der Waals surface area contributed by atoms with Gasteiger partial charge in [-0.2, -0.15) is 0 Å². The fraction of sp³-hybridized carbons (Fsp3) is 0.294. The lowest BCUT2D eigenvalue weighted by Crippen LogP contribution is -2.23. The van der Waals surface area contributed by atoms with Crippen LogP contribution in [-0.4, -0.2) is 29.5 Å². The van der Waals surface area contributed by atoms with Crippen LogP contribution in [0.3, 0.4) is 0 Å². The molecular formula is C17H23N3O2. The topological polar surface area (TPSA) is 105 Å². The minimum absolute atomic E-state index is 0.248. The van der Waals surface area contributed by atoms with Gasteiger partial charge in [-0.05, 0) is 43.7 Å². The Morgan fingerprint density at radius 1 is 1.09 bits per heavy atom. The Labute approximate surface area is 130 Å². The molecule has 2 rings (SSSR count). The SMILES string of the molecule is Cc1cc(C)c(N)c(-c2cc(N)ccc2NCC(O)CO)c1. The summed E-state index contributed by atoms with van der Waals surface area (Å²) >= 11 is 0. The van der Waals surface area contributed by atoms with Crippen LogP contribution in [0.2, 0.25) is 0 Å². The molecule has 0 aliphatic rings. The number of aryl methyl sites for hydroxylation is 2.